The van der Waals surface area contributed by atoms with Crippen LogP contribution >= 0.6 is 0 Å². The summed E-state index contributed by atoms with van der Waals surface area (Å²) in [5.74, 6) is 2.06. The summed E-state index contributed by atoms with van der Waals surface area (Å²) in [5, 5.41) is 4.85. The third-order valence-corrected chi connectivity index (χ3v) is 10.00. The molecule has 1 heterocycles. The lowest BCUT2D eigenvalue weighted by atomic mass is 9.63. The van der Waals surface area contributed by atoms with E-state index in [0.717, 1.165) is 23.1 Å². The molecular formula is C43H37N3. The highest BCUT2D eigenvalue weighted by molar-refractivity contribution is 5.96. The number of hydrogen-bond donors (Lipinski definition) is 0. The van der Waals surface area contributed by atoms with Gasteiger partial charge in [0.15, 0.2) is 17.5 Å². The molecule has 1 aliphatic rings. The van der Waals surface area contributed by atoms with Crippen LogP contribution in [0.15, 0.2) is 127 Å². The van der Waals surface area contributed by atoms with Gasteiger partial charge in [-0.15, -0.1) is 0 Å². The fourth-order valence-corrected chi connectivity index (χ4v) is 7.10. The Morgan fingerprint density at radius 2 is 0.935 bits per heavy atom. The average molecular weight is 596 g/mol. The molecule has 8 rings (SSSR count). The van der Waals surface area contributed by atoms with E-state index in [1.165, 1.54) is 50.2 Å². The van der Waals surface area contributed by atoms with Crippen LogP contribution in [0.1, 0.15) is 51.7 Å². The van der Waals surface area contributed by atoms with E-state index in [-0.39, 0.29) is 10.8 Å². The van der Waals surface area contributed by atoms with Gasteiger partial charge in [-0.05, 0) is 79.6 Å². The van der Waals surface area contributed by atoms with Gasteiger partial charge >= 0.3 is 0 Å². The summed E-state index contributed by atoms with van der Waals surface area (Å²) >= 11 is 0. The van der Waals surface area contributed by atoms with Crippen LogP contribution < -0.4 is 0 Å². The number of benzene rings is 6. The van der Waals surface area contributed by atoms with Crippen molar-refractivity contribution in [2.45, 2.75) is 51.4 Å². The van der Waals surface area contributed by atoms with Gasteiger partial charge in [-0.2, -0.15) is 0 Å². The largest absolute Gasteiger partial charge is 0.208 e. The summed E-state index contributed by atoms with van der Waals surface area (Å²) < 4.78 is 0. The van der Waals surface area contributed by atoms with Gasteiger partial charge in [0.2, 0.25) is 0 Å². The maximum atomic E-state index is 5.12. The number of hydrogen-bond acceptors (Lipinski definition) is 3. The van der Waals surface area contributed by atoms with Gasteiger partial charge in [0.1, 0.15) is 0 Å². The molecule has 0 bridgehead atoms. The molecule has 0 unspecified atom stereocenters. The van der Waals surface area contributed by atoms with E-state index in [2.05, 4.69) is 155 Å². The van der Waals surface area contributed by atoms with Crippen LogP contribution in [0.4, 0.5) is 0 Å². The van der Waals surface area contributed by atoms with Crippen molar-refractivity contribution in [3.63, 3.8) is 0 Å². The van der Waals surface area contributed by atoms with Crippen molar-refractivity contribution in [3.8, 4) is 45.3 Å². The zero-order chi connectivity index (χ0) is 31.5. The number of fused-ring (bicyclic) bond motifs is 3. The van der Waals surface area contributed by atoms with Gasteiger partial charge in [0.05, 0.1) is 0 Å². The van der Waals surface area contributed by atoms with Gasteiger partial charge < -0.3 is 0 Å². The van der Waals surface area contributed by atoms with Crippen LogP contribution in [0.25, 0.3) is 66.8 Å². The third kappa shape index (κ3) is 4.97. The van der Waals surface area contributed by atoms with Gasteiger partial charge in [0, 0.05) is 16.7 Å². The first kappa shape index (κ1) is 28.3. The van der Waals surface area contributed by atoms with Crippen molar-refractivity contribution < 1.29 is 0 Å². The minimum absolute atomic E-state index is 0.0926. The minimum Gasteiger partial charge on any atom is -0.208 e. The predicted octanol–water partition coefficient (Wildman–Crippen LogP) is 11.2. The molecule has 0 fully saturated rings. The van der Waals surface area contributed by atoms with E-state index in [1.54, 1.807) is 0 Å². The Morgan fingerprint density at radius 1 is 0.413 bits per heavy atom. The minimum atomic E-state index is 0.0926. The van der Waals surface area contributed by atoms with E-state index in [0.29, 0.717) is 17.5 Å². The zero-order valence-corrected chi connectivity index (χ0v) is 26.9. The second-order valence-corrected chi connectivity index (χ2v) is 14.0. The molecule has 0 amide bonds. The van der Waals surface area contributed by atoms with Gasteiger partial charge in [-0.3, -0.25) is 0 Å². The first-order valence-corrected chi connectivity index (χ1v) is 16.2. The lowest BCUT2D eigenvalue weighted by Crippen LogP contribution is -2.33. The summed E-state index contributed by atoms with van der Waals surface area (Å²) in [5.41, 5.74) is 8.44. The normalized spacial score (nSPS) is 15.1. The second kappa shape index (κ2) is 10.7. The van der Waals surface area contributed by atoms with E-state index in [1.807, 2.05) is 0 Å². The Morgan fingerprint density at radius 3 is 1.67 bits per heavy atom. The number of aromatic nitrogens is 3. The number of rotatable bonds is 4. The van der Waals surface area contributed by atoms with E-state index in [9.17, 15) is 0 Å². The molecule has 0 aliphatic heterocycles. The van der Waals surface area contributed by atoms with Crippen molar-refractivity contribution in [1.29, 1.82) is 0 Å². The van der Waals surface area contributed by atoms with Gasteiger partial charge in [-0.25, -0.2) is 15.0 Å². The molecule has 0 saturated carbocycles. The highest BCUT2D eigenvalue weighted by Crippen LogP contribution is 2.46. The molecule has 0 spiro atoms. The lowest BCUT2D eigenvalue weighted by molar-refractivity contribution is 0.332. The predicted molar refractivity (Wildman–Crippen MR) is 192 cm³/mol. The SMILES string of the molecule is CC1(C)CCC(C)(C)c2cc(-c3nc(-c4ccc(-c5cccc6ccccc56)cc4)nc(-c4ccc5ccccc5c4)n3)ccc21. The number of nitrogens with zero attached hydrogens (tertiary/aromatic N) is 3. The lowest BCUT2D eigenvalue weighted by Gasteiger charge is -2.42. The Bertz CT molecular complexity index is 2250. The molecule has 3 heteroatoms. The van der Waals surface area contributed by atoms with Crippen molar-refractivity contribution in [2.24, 2.45) is 0 Å². The Hall–Kier alpha value is -5.15. The van der Waals surface area contributed by atoms with Crippen LogP contribution in [0, 0.1) is 0 Å². The van der Waals surface area contributed by atoms with E-state index in [4.69, 9.17) is 15.0 Å². The van der Waals surface area contributed by atoms with Crippen molar-refractivity contribution in [3.05, 3.63) is 139 Å². The molecule has 6 aromatic carbocycles. The molecule has 1 aliphatic carbocycles. The van der Waals surface area contributed by atoms with Crippen LogP contribution in [-0.2, 0) is 10.8 Å². The van der Waals surface area contributed by atoms with Gasteiger partial charge in [-0.1, -0.05) is 143 Å². The summed E-state index contributed by atoms with van der Waals surface area (Å²) in [6.07, 6.45) is 2.34. The molecule has 224 valence electrons. The quantitative estimate of drug-likeness (QED) is 0.203. The Balaban J connectivity index is 1.27. The Kier molecular flexibility index (Phi) is 6.61. The highest BCUT2D eigenvalue weighted by atomic mass is 15.0. The van der Waals surface area contributed by atoms with Gasteiger partial charge in [0.25, 0.3) is 0 Å². The first-order valence-electron chi connectivity index (χ1n) is 16.2. The van der Waals surface area contributed by atoms with Crippen LogP contribution in [0.5, 0.6) is 0 Å². The van der Waals surface area contributed by atoms with Crippen molar-refractivity contribution in [1.82, 2.24) is 15.0 Å². The highest BCUT2D eigenvalue weighted by Gasteiger charge is 2.37. The Labute approximate surface area is 271 Å². The topological polar surface area (TPSA) is 38.7 Å². The van der Waals surface area contributed by atoms with E-state index < -0.39 is 0 Å². The fourth-order valence-electron chi connectivity index (χ4n) is 7.10. The molecule has 3 nitrogen and oxygen atoms in total. The molecule has 1 aromatic heterocycles. The molecule has 46 heavy (non-hydrogen) atoms. The molecule has 7 aromatic rings. The summed E-state index contributed by atoms with van der Waals surface area (Å²) in [6.45, 7) is 9.45. The van der Waals surface area contributed by atoms with Crippen LogP contribution in [0.2, 0.25) is 0 Å². The standard InChI is InChI=1S/C43H37N3/c1-42(2)24-25-43(3,4)38-27-34(22-23-37(38)42)41-45-39(44-40(46-41)33-21-16-28-10-5-6-12-32(28)26-33)31-19-17-30(18-20-31)36-15-9-13-29-11-7-8-14-35(29)36/h5-23,26-27H,24-25H2,1-4H3. The summed E-state index contributed by atoms with van der Waals surface area (Å²) in [6, 6.07) is 45.4. The maximum Gasteiger partial charge on any atom is 0.164 e. The average Bonchev–Trinajstić information content (AvgIpc) is 3.09. The van der Waals surface area contributed by atoms with Crippen molar-refractivity contribution in [2.75, 3.05) is 0 Å². The fraction of sp³-hybridized carbons (Fsp3) is 0.186. The maximum absolute atomic E-state index is 5.12. The third-order valence-electron chi connectivity index (χ3n) is 10.00. The molecule has 0 radical (unpaired) electrons. The zero-order valence-electron chi connectivity index (χ0n) is 26.9. The summed E-state index contributed by atoms with van der Waals surface area (Å²) in [7, 11) is 0. The first-order chi connectivity index (χ1) is 22.2. The summed E-state index contributed by atoms with van der Waals surface area (Å²) in [4.78, 5) is 15.3. The van der Waals surface area contributed by atoms with Crippen molar-refractivity contribution >= 4 is 21.5 Å². The van der Waals surface area contributed by atoms with Crippen LogP contribution in [0.3, 0.4) is 0 Å². The molecule has 0 saturated heterocycles. The molecular weight excluding hydrogens is 558 g/mol. The second-order valence-electron chi connectivity index (χ2n) is 14.0. The molecule has 0 atom stereocenters. The monoisotopic (exact) mass is 595 g/mol. The van der Waals surface area contributed by atoms with E-state index >= 15 is 0 Å². The van der Waals surface area contributed by atoms with Crippen LogP contribution in [-0.4, -0.2) is 15.0 Å². The smallest absolute Gasteiger partial charge is 0.164 e. The molecule has 0 N–H and O–H groups in total.